The van der Waals surface area contributed by atoms with Gasteiger partial charge in [-0.05, 0) is 61.4 Å². The van der Waals surface area contributed by atoms with Gasteiger partial charge in [0.25, 0.3) is 5.78 Å². The number of thiazole rings is 1. The maximum Gasteiger partial charge on any atom is 0.301 e. The number of aromatic nitrogens is 3. The zero-order chi connectivity index (χ0) is 26.9. The Bertz CT molecular complexity index is 1860. The molecular formula is C27H17Cl3N4O3S. The van der Waals surface area contributed by atoms with Crippen molar-refractivity contribution < 1.29 is 14.7 Å². The van der Waals surface area contributed by atoms with E-state index in [2.05, 4.69) is 9.97 Å². The summed E-state index contributed by atoms with van der Waals surface area (Å²) in [4.78, 5) is 37.6. The van der Waals surface area contributed by atoms with E-state index in [0.29, 0.717) is 32.5 Å². The number of rotatable bonds is 3. The fourth-order valence-electron chi connectivity index (χ4n) is 4.69. The molecule has 38 heavy (non-hydrogen) atoms. The van der Waals surface area contributed by atoms with Crippen molar-refractivity contribution in [2.75, 3.05) is 4.90 Å². The topological polar surface area (TPSA) is 87.8 Å². The van der Waals surface area contributed by atoms with Crippen molar-refractivity contribution in [3.63, 3.8) is 0 Å². The summed E-state index contributed by atoms with van der Waals surface area (Å²) in [6.07, 6.45) is 1.82. The number of Topliss-reactive ketones (excluding diaryl/α,β-unsaturated/α-hetero) is 1. The fraction of sp³-hybridized carbons (Fsp3) is 0.111. The fourth-order valence-corrected chi connectivity index (χ4v) is 6.27. The van der Waals surface area contributed by atoms with Crippen molar-refractivity contribution in [1.29, 1.82) is 0 Å². The highest BCUT2D eigenvalue weighted by Crippen LogP contribution is 2.45. The highest BCUT2D eigenvalue weighted by molar-refractivity contribution is 7.22. The van der Waals surface area contributed by atoms with E-state index in [1.807, 2.05) is 29.7 Å². The molecule has 0 aliphatic carbocycles. The molecule has 11 heteroatoms. The van der Waals surface area contributed by atoms with Crippen LogP contribution in [0.3, 0.4) is 0 Å². The van der Waals surface area contributed by atoms with E-state index < -0.39 is 17.7 Å². The SMILES string of the molecule is Cc1cccn2c(C)c(/C(O)=C3\C(=O)C(=O)N(c4nc5ccc(Cl)cc5s4)C3c3ccc(Cl)c(Cl)c3)nc12. The number of amides is 1. The summed E-state index contributed by atoms with van der Waals surface area (Å²) in [5.41, 5.74) is 3.34. The van der Waals surface area contributed by atoms with E-state index in [4.69, 9.17) is 34.8 Å². The number of aliphatic hydroxyl groups excluding tert-OH is 1. The number of benzene rings is 2. The van der Waals surface area contributed by atoms with Crippen molar-refractivity contribution in [2.24, 2.45) is 0 Å². The van der Waals surface area contributed by atoms with E-state index in [1.165, 1.54) is 16.2 Å². The van der Waals surface area contributed by atoms with Crippen molar-refractivity contribution in [2.45, 2.75) is 19.9 Å². The van der Waals surface area contributed by atoms with Crippen LogP contribution < -0.4 is 4.90 Å². The van der Waals surface area contributed by atoms with E-state index in [0.717, 1.165) is 10.3 Å². The van der Waals surface area contributed by atoms with Gasteiger partial charge in [-0.2, -0.15) is 0 Å². The average Bonchev–Trinajstić information content (AvgIpc) is 3.53. The zero-order valence-electron chi connectivity index (χ0n) is 19.9. The van der Waals surface area contributed by atoms with Crippen molar-refractivity contribution in [1.82, 2.24) is 14.4 Å². The van der Waals surface area contributed by atoms with Gasteiger partial charge in [0.1, 0.15) is 11.3 Å². The number of ketones is 1. The number of carbonyl (C=O) groups excluding carboxylic acids is 2. The first kappa shape index (κ1) is 24.9. The van der Waals surface area contributed by atoms with Crippen LogP contribution in [0.1, 0.15) is 28.6 Å². The molecule has 2 aromatic carbocycles. The Kier molecular flexibility index (Phi) is 5.96. The van der Waals surface area contributed by atoms with Gasteiger partial charge in [-0.15, -0.1) is 0 Å². The van der Waals surface area contributed by atoms with Crippen LogP contribution in [0.4, 0.5) is 5.13 Å². The first-order chi connectivity index (χ1) is 18.2. The number of nitrogens with zero attached hydrogens (tertiary/aromatic N) is 4. The lowest BCUT2D eigenvalue weighted by atomic mass is 9.96. The van der Waals surface area contributed by atoms with Gasteiger partial charge in [-0.1, -0.05) is 58.3 Å². The van der Waals surface area contributed by atoms with Crippen molar-refractivity contribution >= 4 is 84.6 Å². The van der Waals surface area contributed by atoms with Crippen molar-refractivity contribution in [3.05, 3.63) is 97.9 Å². The van der Waals surface area contributed by atoms with Gasteiger partial charge in [0.15, 0.2) is 10.9 Å². The third-order valence-corrected chi connectivity index (χ3v) is 8.55. The predicted molar refractivity (Wildman–Crippen MR) is 151 cm³/mol. The minimum absolute atomic E-state index is 0.116. The number of carbonyl (C=O) groups is 2. The maximum absolute atomic E-state index is 13.6. The van der Waals surface area contributed by atoms with Gasteiger partial charge < -0.3 is 9.51 Å². The number of fused-ring (bicyclic) bond motifs is 2. The van der Waals surface area contributed by atoms with Gasteiger partial charge >= 0.3 is 5.91 Å². The molecule has 7 nitrogen and oxygen atoms in total. The van der Waals surface area contributed by atoms with Crippen LogP contribution in [0.25, 0.3) is 21.6 Å². The standard InChI is InChI=1S/C27H17Cl3N4O3S/c1-12-4-3-9-33-13(2)21(32-25(12)33)23(35)20-22(14-5-7-16(29)17(30)10-14)34(26(37)24(20)36)27-31-18-8-6-15(28)11-19(18)38-27/h3-11,22,35H,1-2H3/b23-20+. The molecule has 1 fully saturated rings. The van der Waals surface area contributed by atoms with Crippen LogP contribution in [0.5, 0.6) is 0 Å². The maximum atomic E-state index is 13.6. The highest BCUT2D eigenvalue weighted by Gasteiger charge is 2.48. The lowest BCUT2D eigenvalue weighted by Crippen LogP contribution is -2.29. The molecule has 0 radical (unpaired) electrons. The summed E-state index contributed by atoms with van der Waals surface area (Å²) >= 11 is 19.9. The summed E-state index contributed by atoms with van der Waals surface area (Å²) in [5, 5.41) is 12.9. The predicted octanol–water partition coefficient (Wildman–Crippen LogP) is 7.15. The van der Waals surface area contributed by atoms with Crippen LogP contribution in [-0.4, -0.2) is 31.2 Å². The Balaban J connectivity index is 1.61. The van der Waals surface area contributed by atoms with E-state index in [9.17, 15) is 14.7 Å². The Morgan fingerprint density at radius 1 is 1.00 bits per heavy atom. The average molecular weight is 584 g/mol. The minimum Gasteiger partial charge on any atom is -0.505 e. The zero-order valence-corrected chi connectivity index (χ0v) is 23.0. The number of aryl methyl sites for hydroxylation is 2. The minimum atomic E-state index is -1.02. The molecule has 1 aliphatic rings. The third-order valence-electron chi connectivity index (χ3n) is 6.56. The molecule has 0 spiro atoms. The third kappa shape index (κ3) is 3.79. The number of halogens is 3. The molecule has 1 N–H and O–H groups in total. The Hall–Kier alpha value is -3.43. The summed E-state index contributed by atoms with van der Waals surface area (Å²) in [7, 11) is 0. The second-order valence-electron chi connectivity index (χ2n) is 8.88. The second-order valence-corrected chi connectivity index (χ2v) is 11.1. The van der Waals surface area contributed by atoms with Gasteiger partial charge in [-0.25, -0.2) is 9.97 Å². The largest absolute Gasteiger partial charge is 0.505 e. The smallest absolute Gasteiger partial charge is 0.301 e. The summed E-state index contributed by atoms with van der Waals surface area (Å²) in [6, 6.07) is 12.8. The van der Waals surface area contributed by atoms with Gasteiger partial charge in [0.2, 0.25) is 0 Å². The molecule has 1 atom stereocenters. The second kappa shape index (κ2) is 9.10. The van der Waals surface area contributed by atoms with Gasteiger partial charge in [0, 0.05) is 11.2 Å². The number of pyridine rings is 1. The molecule has 1 amide bonds. The lowest BCUT2D eigenvalue weighted by molar-refractivity contribution is -0.132. The first-order valence-electron chi connectivity index (χ1n) is 11.4. The van der Waals surface area contributed by atoms with E-state index in [-0.39, 0.29) is 27.2 Å². The molecule has 4 heterocycles. The van der Waals surface area contributed by atoms with E-state index >= 15 is 0 Å². The molecule has 5 aromatic rings. The van der Waals surface area contributed by atoms with Crippen molar-refractivity contribution in [3.8, 4) is 0 Å². The molecule has 3 aromatic heterocycles. The number of hydrogen-bond donors (Lipinski definition) is 1. The van der Waals surface area contributed by atoms with Crippen LogP contribution in [0.2, 0.25) is 15.1 Å². The molecule has 6 rings (SSSR count). The Morgan fingerprint density at radius 2 is 1.79 bits per heavy atom. The normalized spacial score (nSPS) is 17.3. The van der Waals surface area contributed by atoms with Crippen LogP contribution in [0.15, 0.2) is 60.3 Å². The molecule has 190 valence electrons. The number of anilines is 1. The number of imidazole rings is 1. The Morgan fingerprint density at radius 3 is 2.53 bits per heavy atom. The molecule has 1 unspecified atom stereocenters. The molecule has 0 bridgehead atoms. The van der Waals surface area contributed by atoms with Crippen LogP contribution in [-0.2, 0) is 9.59 Å². The summed E-state index contributed by atoms with van der Waals surface area (Å²) < 4.78 is 2.57. The molecule has 0 saturated carbocycles. The van der Waals surface area contributed by atoms with E-state index in [1.54, 1.807) is 43.3 Å². The lowest BCUT2D eigenvalue weighted by Gasteiger charge is -2.23. The monoisotopic (exact) mass is 582 g/mol. The number of aliphatic hydroxyl groups is 1. The molecular weight excluding hydrogens is 567 g/mol. The quantitative estimate of drug-likeness (QED) is 0.138. The van der Waals surface area contributed by atoms with Gasteiger partial charge in [0.05, 0.1) is 37.6 Å². The molecule has 1 saturated heterocycles. The van der Waals surface area contributed by atoms with Crippen LogP contribution >= 0.6 is 46.1 Å². The molecule has 1 aliphatic heterocycles. The first-order valence-corrected chi connectivity index (χ1v) is 13.4. The van der Waals surface area contributed by atoms with Crippen LogP contribution in [0, 0.1) is 13.8 Å². The summed E-state index contributed by atoms with van der Waals surface area (Å²) in [5.74, 6) is -2.07. The van der Waals surface area contributed by atoms with Gasteiger partial charge in [-0.3, -0.25) is 14.5 Å². The summed E-state index contributed by atoms with van der Waals surface area (Å²) in [6.45, 7) is 3.69. The number of hydrogen-bond acceptors (Lipinski definition) is 6. The highest BCUT2D eigenvalue weighted by atomic mass is 35.5. The Labute approximate surface area is 235 Å².